The van der Waals surface area contributed by atoms with E-state index in [9.17, 15) is 13.5 Å². The average molecular weight is 285 g/mol. The number of aromatic hydroxyl groups is 2. The molecular weight excluding hydrogens is 276 g/mol. The van der Waals surface area contributed by atoms with Gasteiger partial charge in [-0.2, -0.15) is 0 Å². The summed E-state index contributed by atoms with van der Waals surface area (Å²) in [7, 11) is -3.70. The molecule has 0 saturated carbocycles. The van der Waals surface area contributed by atoms with Crippen LogP contribution < -0.4 is 0 Å². The van der Waals surface area contributed by atoms with Gasteiger partial charge in [0.15, 0.2) is 0 Å². The minimum Gasteiger partial charge on any atom is -0.508 e. The molecule has 2 rings (SSSR count). The highest BCUT2D eigenvalue weighted by Crippen LogP contribution is 2.29. The van der Waals surface area contributed by atoms with Crippen molar-refractivity contribution in [3.63, 3.8) is 0 Å². The van der Waals surface area contributed by atoms with Gasteiger partial charge in [0.25, 0.3) is 0 Å². The van der Waals surface area contributed by atoms with Gasteiger partial charge in [-0.15, -0.1) is 0 Å². The third-order valence-corrected chi connectivity index (χ3v) is 4.45. The molecule has 2 aromatic rings. The van der Waals surface area contributed by atoms with Crippen molar-refractivity contribution in [3.05, 3.63) is 47.5 Å². The molecule has 4 nitrogen and oxygen atoms in total. The van der Waals surface area contributed by atoms with E-state index in [0.717, 1.165) is 0 Å². The van der Waals surface area contributed by atoms with Crippen LogP contribution >= 0.6 is 11.6 Å². The molecule has 0 amide bonds. The minimum absolute atomic E-state index is 0.0160. The van der Waals surface area contributed by atoms with Gasteiger partial charge in [0.2, 0.25) is 9.84 Å². The Balaban J connectivity index is 2.54. The Kier molecular flexibility index (Phi) is 3.19. The lowest BCUT2D eigenvalue weighted by molar-refractivity contribution is 0.474. The largest absolute Gasteiger partial charge is 0.508 e. The molecule has 6 heteroatoms. The van der Waals surface area contributed by atoms with Crippen molar-refractivity contribution in [2.45, 2.75) is 9.79 Å². The summed E-state index contributed by atoms with van der Waals surface area (Å²) in [6.45, 7) is 0. The summed E-state index contributed by atoms with van der Waals surface area (Å²) in [6, 6.07) is 8.83. The van der Waals surface area contributed by atoms with Gasteiger partial charge in [-0.3, -0.25) is 0 Å². The highest BCUT2D eigenvalue weighted by Gasteiger charge is 2.18. The molecule has 0 heterocycles. The van der Waals surface area contributed by atoms with E-state index in [1.807, 2.05) is 0 Å². The van der Waals surface area contributed by atoms with Crippen LogP contribution in [0.2, 0.25) is 5.02 Å². The van der Waals surface area contributed by atoms with Crippen LogP contribution in [0, 0.1) is 0 Å². The summed E-state index contributed by atoms with van der Waals surface area (Å²) in [5.41, 5.74) is 0. The first-order chi connectivity index (χ1) is 8.41. The van der Waals surface area contributed by atoms with Crippen molar-refractivity contribution in [1.82, 2.24) is 0 Å². The van der Waals surface area contributed by atoms with Crippen LogP contribution in [0.5, 0.6) is 11.5 Å². The van der Waals surface area contributed by atoms with Crippen molar-refractivity contribution in [2.24, 2.45) is 0 Å². The molecule has 0 aliphatic heterocycles. The molecule has 0 aromatic heterocycles. The molecule has 0 fully saturated rings. The normalized spacial score (nSPS) is 11.4. The summed E-state index contributed by atoms with van der Waals surface area (Å²) >= 11 is 5.68. The second-order valence-corrected chi connectivity index (χ2v) is 5.97. The molecule has 0 unspecified atom stereocenters. The second kappa shape index (κ2) is 4.51. The zero-order valence-corrected chi connectivity index (χ0v) is 10.6. The lowest BCUT2D eigenvalue weighted by Gasteiger charge is -2.06. The Morgan fingerprint density at radius 3 is 2.00 bits per heavy atom. The smallest absolute Gasteiger partial charge is 0.206 e. The van der Waals surface area contributed by atoms with E-state index < -0.39 is 9.84 Å². The second-order valence-electron chi connectivity index (χ2n) is 3.61. The topological polar surface area (TPSA) is 74.6 Å². The number of rotatable bonds is 2. The van der Waals surface area contributed by atoms with E-state index in [-0.39, 0.29) is 26.3 Å². The van der Waals surface area contributed by atoms with Crippen LogP contribution in [0.4, 0.5) is 0 Å². The third kappa shape index (κ3) is 2.27. The van der Waals surface area contributed by atoms with Crippen LogP contribution in [0.15, 0.2) is 52.3 Å². The van der Waals surface area contributed by atoms with Crippen molar-refractivity contribution in [1.29, 1.82) is 0 Å². The molecule has 0 spiro atoms. The predicted octanol–water partition coefficient (Wildman–Crippen LogP) is 2.58. The molecule has 0 saturated heterocycles. The molecular formula is C12H9ClO4S. The van der Waals surface area contributed by atoms with E-state index >= 15 is 0 Å². The highest BCUT2D eigenvalue weighted by molar-refractivity contribution is 7.91. The molecule has 0 aliphatic carbocycles. The fourth-order valence-electron chi connectivity index (χ4n) is 1.42. The fraction of sp³-hybridized carbons (Fsp3) is 0. The van der Waals surface area contributed by atoms with Gasteiger partial charge >= 0.3 is 0 Å². The van der Waals surface area contributed by atoms with Crippen molar-refractivity contribution >= 4 is 21.4 Å². The summed E-state index contributed by atoms with van der Waals surface area (Å²) in [6.07, 6.45) is 0. The van der Waals surface area contributed by atoms with Gasteiger partial charge in [0.05, 0.1) is 14.8 Å². The maximum Gasteiger partial charge on any atom is 0.206 e. The lowest BCUT2D eigenvalue weighted by atomic mass is 10.3. The third-order valence-electron chi connectivity index (χ3n) is 2.38. The number of halogens is 1. The summed E-state index contributed by atoms with van der Waals surface area (Å²) < 4.78 is 24.4. The molecule has 0 atom stereocenters. The molecule has 0 aliphatic rings. The number of phenolic OH excluding ortho intramolecular Hbond substituents is 2. The maximum atomic E-state index is 12.2. The summed E-state index contributed by atoms with van der Waals surface area (Å²) in [5, 5.41) is 18.3. The Hall–Kier alpha value is -1.72. The minimum atomic E-state index is -3.70. The predicted molar refractivity (Wildman–Crippen MR) is 66.7 cm³/mol. The SMILES string of the molecule is O=S(=O)(c1ccc(O)cc1)c1ccc(O)c(Cl)c1. The first kappa shape index (κ1) is 12.7. The van der Waals surface area contributed by atoms with Crippen molar-refractivity contribution in [3.8, 4) is 11.5 Å². The first-order valence-corrected chi connectivity index (χ1v) is 6.80. The standard InChI is InChI=1S/C12H9ClO4S/c13-11-7-10(5-6-12(11)15)18(16,17)9-3-1-8(14)2-4-9/h1-7,14-15H. The van der Waals surface area contributed by atoms with Crippen LogP contribution in [0.3, 0.4) is 0 Å². The van der Waals surface area contributed by atoms with E-state index in [1.165, 1.54) is 42.5 Å². The Morgan fingerprint density at radius 2 is 1.44 bits per heavy atom. The van der Waals surface area contributed by atoms with Crippen LogP contribution in [-0.2, 0) is 9.84 Å². The van der Waals surface area contributed by atoms with Crippen molar-refractivity contribution < 1.29 is 18.6 Å². The molecule has 94 valence electrons. The van der Waals surface area contributed by atoms with Gasteiger partial charge in [-0.05, 0) is 42.5 Å². The van der Waals surface area contributed by atoms with Crippen LogP contribution in [-0.4, -0.2) is 18.6 Å². The van der Waals surface area contributed by atoms with E-state index in [0.29, 0.717) is 0 Å². The van der Waals surface area contributed by atoms with Crippen molar-refractivity contribution in [2.75, 3.05) is 0 Å². The number of hydrogen-bond acceptors (Lipinski definition) is 4. The van der Waals surface area contributed by atoms with Gasteiger partial charge in [0.1, 0.15) is 11.5 Å². The molecule has 18 heavy (non-hydrogen) atoms. The van der Waals surface area contributed by atoms with Gasteiger partial charge in [-0.25, -0.2) is 8.42 Å². The van der Waals surface area contributed by atoms with E-state index in [2.05, 4.69) is 0 Å². The quantitative estimate of drug-likeness (QED) is 0.889. The highest BCUT2D eigenvalue weighted by atomic mass is 35.5. The summed E-state index contributed by atoms with van der Waals surface area (Å²) in [4.78, 5) is 0.0260. The molecule has 0 radical (unpaired) electrons. The zero-order valence-electron chi connectivity index (χ0n) is 9.04. The van der Waals surface area contributed by atoms with Crippen LogP contribution in [0.25, 0.3) is 0 Å². The Labute approximate surface area is 109 Å². The van der Waals surface area contributed by atoms with E-state index in [1.54, 1.807) is 0 Å². The maximum absolute atomic E-state index is 12.2. The monoisotopic (exact) mass is 284 g/mol. The number of sulfone groups is 1. The van der Waals surface area contributed by atoms with E-state index in [4.69, 9.17) is 16.7 Å². The number of phenols is 2. The fourth-order valence-corrected chi connectivity index (χ4v) is 2.95. The molecule has 0 bridgehead atoms. The van der Waals surface area contributed by atoms with Gasteiger partial charge < -0.3 is 10.2 Å². The average Bonchev–Trinajstić information content (AvgIpc) is 2.33. The lowest BCUT2D eigenvalue weighted by Crippen LogP contribution is -2.01. The molecule has 2 aromatic carbocycles. The molecule has 2 N–H and O–H groups in total. The Bertz CT molecular complexity index is 678. The Morgan fingerprint density at radius 1 is 0.889 bits per heavy atom. The summed E-state index contributed by atoms with van der Waals surface area (Å²) in [5.74, 6) is -0.195. The van der Waals surface area contributed by atoms with Crippen LogP contribution in [0.1, 0.15) is 0 Å². The zero-order chi connectivity index (χ0) is 13.3. The number of hydrogen-bond donors (Lipinski definition) is 2. The van der Waals surface area contributed by atoms with Gasteiger partial charge in [0, 0.05) is 0 Å². The van der Waals surface area contributed by atoms with Gasteiger partial charge in [-0.1, -0.05) is 11.6 Å². The number of benzene rings is 2. The first-order valence-electron chi connectivity index (χ1n) is 4.94.